The van der Waals surface area contributed by atoms with Gasteiger partial charge in [0, 0.05) is 35.8 Å². The monoisotopic (exact) mass is 485 g/mol. The Balaban J connectivity index is 1.75. The van der Waals surface area contributed by atoms with Crippen LogP contribution >= 0.6 is 0 Å². The first-order chi connectivity index (χ1) is 17.6. The van der Waals surface area contributed by atoms with Crippen LogP contribution in [0.5, 0.6) is 0 Å². The predicted octanol–water partition coefficient (Wildman–Crippen LogP) is 3.78. The van der Waals surface area contributed by atoms with Crippen LogP contribution in [0.1, 0.15) is 5.56 Å². The fourth-order valence-corrected chi connectivity index (χ4v) is 4.30. The minimum absolute atomic E-state index is 0.109. The molecule has 4 aromatic rings. The van der Waals surface area contributed by atoms with Crippen molar-refractivity contribution in [2.45, 2.75) is 0 Å². The molecule has 182 valence electrons. The summed E-state index contributed by atoms with van der Waals surface area (Å²) < 4.78 is 6.56. The first kappa shape index (κ1) is 23.2. The number of ether oxygens (including phenoxy) is 1. The number of aromatic nitrogens is 2. The van der Waals surface area contributed by atoms with Crippen molar-refractivity contribution in [1.82, 2.24) is 9.78 Å². The van der Waals surface area contributed by atoms with E-state index in [0.29, 0.717) is 42.8 Å². The van der Waals surface area contributed by atoms with Crippen LogP contribution in [0, 0.1) is 10.1 Å². The highest BCUT2D eigenvalue weighted by Crippen LogP contribution is 2.30. The third kappa shape index (κ3) is 4.41. The maximum absolute atomic E-state index is 13.6. The van der Waals surface area contributed by atoms with E-state index in [2.05, 4.69) is 15.2 Å². The number of nitro groups is 1. The molecule has 1 aliphatic rings. The molecule has 0 atom stereocenters. The summed E-state index contributed by atoms with van der Waals surface area (Å²) in [7, 11) is 1.46. The van der Waals surface area contributed by atoms with E-state index in [-0.39, 0.29) is 11.4 Å². The van der Waals surface area contributed by atoms with Crippen LogP contribution in [0.15, 0.2) is 76.7 Å². The van der Waals surface area contributed by atoms with E-state index in [1.165, 1.54) is 13.2 Å². The van der Waals surface area contributed by atoms with Crippen molar-refractivity contribution >= 4 is 28.4 Å². The molecule has 0 aliphatic carbocycles. The van der Waals surface area contributed by atoms with Gasteiger partial charge in [0.2, 0.25) is 0 Å². The average Bonchev–Trinajstić information content (AvgIpc) is 2.92. The highest BCUT2D eigenvalue weighted by atomic mass is 16.6. The van der Waals surface area contributed by atoms with Gasteiger partial charge in [-0.3, -0.25) is 14.9 Å². The smallest absolute Gasteiger partial charge is 0.295 e. The Labute approximate surface area is 206 Å². The molecule has 0 spiro atoms. The number of benzene rings is 3. The number of fused-ring (bicyclic) bond motifs is 1. The zero-order chi connectivity index (χ0) is 25.1. The normalized spacial score (nSPS) is 13.9. The maximum atomic E-state index is 13.6. The predicted molar refractivity (Wildman–Crippen MR) is 137 cm³/mol. The van der Waals surface area contributed by atoms with Gasteiger partial charge in [-0.2, -0.15) is 9.78 Å². The van der Waals surface area contributed by atoms with Crippen LogP contribution in [0.4, 0.5) is 11.4 Å². The topological polar surface area (TPSA) is 112 Å². The van der Waals surface area contributed by atoms with Crippen LogP contribution < -0.4 is 10.5 Å². The SMILES string of the molecule is CON=Cc1cccc(-c2nn(-c3cc(N4CCOCC4)ccc3[N+](=O)[O-])c(=O)c3ccccc23)c1. The lowest BCUT2D eigenvalue weighted by Gasteiger charge is -2.29. The van der Waals surface area contributed by atoms with Crippen molar-refractivity contribution in [1.29, 1.82) is 0 Å². The van der Waals surface area contributed by atoms with E-state index in [4.69, 9.17) is 9.57 Å². The molecule has 10 heteroatoms. The van der Waals surface area contributed by atoms with Gasteiger partial charge in [-0.05, 0) is 29.8 Å². The second-order valence-electron chi connectivity index (χ2n) is 8.18. The summed E-state index contributed by atoms with van der Waals surface area (Å²) in [6.45, 7) is 2.43. The van der Waals surface area contributed by atoms with E-state index in [1.54, 1.807) is 30.5 Å². The Kier molecular flexibility index (Phi) is 6.42. The molecule has 36 heavy (non-hydrogen) atoms. The molecule has 0 radical (unpaired) electrons. The molecule has 0 unspecified atom stereocenters. The number of nitrogens with zero attached hydrogens (tertiary/aromatic N) is 5. The molecule has 0 bridgehead atoms. The molecule has 1 aromatic heterocycles. The zero-order valence-electron chi connectivity index (χ0n) is 19.5. The van der Waals surface area contributed by atoms with Crippen molar-refractivity contribution in [3.05, 3.63) is 92.8 Å². The molecule has 1 saturated heterocycles. The number of nitro benzene ring substituents is 1. The van der Waals surface area contributed by atoms with Crippen LogP contribution in [0.2, 0.25) is 0 Å². The van der Waals surface area contributed by atoms with E-state index in [0.717, 1.165) is 21.5 Å². The Morgan fingerprint density at radius 2 is 1.83 bits per heavy atom. The molecular weight excluding hydrogens is 462 g/mol. The minimum atomic E-state index is -0.497. The third-order valence-electron chi connectivity index (χ3n) is 6.03. The van der Waals surface area contributed by atoms with Crippen LogP contribution in [0.3, 0.4) is 0 Å². The fraction of sp³-hybridized carbons (Fsp3) is 0.192. The average molecular weight is 486 g/mol. The lowest BCUT2D eigenvalue weighted by Crippen LogP contribution is -2.36. The molecule has 3 aromatic carbocycles. The highest BCUT2D eigenvalue weighted by Gasteiger charge is 2.23. The number of morpholine rings is 1. The van der Waals surface area contributed by atoms with Crippen molar-refractivity contribution < 1.29 is 14.5 Å². The third-order valence-corrected chi connectivity index (χ3v) is 6.03. The van der Waals surface area contributed by atoms with Gasteiger partial charge in [0.15, 0.2) is 0 Å². The van der Waals surface area contributed by atoms with Gasteiger partial charge in [-0.25, -0.2) is 0 Å². The van der Waals surface area contributed by atoms with Gasteiger partial charge in [-0.1, -0.05) is 41.6 Å². The van der Waals surface area contributed by atoms with Gasteiger partial charge in [-0.15, -0.1) is 0 Å². The largest absolute Gasteiger partial charge is 0.399 e. The minimum Gasteiger partial charge on any atom is -0.399 e. The summed E-state index contributed by atoms with van der Waals surface area (Å²) in [5, 5.41) is 21.5. The molecule has 0 amide bonds. The van der Waals surface area contributed by atoms with Gasteiger partial charge in [0.05, 0.1) is 35.4 Å². The molecule has 1 fully saturated rings. The zero-order valence-corrected chi connectivity index (χ0v) is 19.5. The number of anilines is 1. The fourth-order valence-electron chi connectivity index (χ4n) is 4.30. The van der Waals surface area contributed by atoms with Crippen LogP contribution in [-0.4, -0.2) is 54.3 Å². The standard InChI is InChI=1S/C26H23N5O5/c1-35-27-17-18-5-4-6-19(15-18)25-21-7-2-3-8-22(21)26(32)30(28-25)24-16-20(9-10-23(24)31(33)34)29-11-13-36-14-12-29/h2-10,15-17H,11-14H2,1H3. The van der Waals surface area contributed by atoms with E-state index >= 15 is 0 Å². The Hall–Kier alpha value is -4.57. The molecule has 10 nitrogen and oxygen atoms in total. The van der Waals surface area contributed by atoms with Gasteiger partial charge >= 0.3 is 0 Å². The molecule has 0 saturated carbocycles. The molecule has 0 N–H and O–H groups in total. The maximum Gasteiger partial charge on any atom is 0.295 e. The quantitative estimate of drug-likeness (QED) is 0.232. The number of hydrogen-bond acceptors (Lipinski definition) is 8. The first-order valence-corrected chi connectivity index (χ1v) is 11.4. The summed E-state index contributed by atoms with van der Waals surface area (Å²) in [4.78, 5) is 31.9. The van der Waals surface area contributed by atoms with Crippen LogP contribution in [0.25, 0.3) is 27.7 Å². The Bertz CT molecular complexity index is 1530. The van der Waals surface area contributed by atoms with Gasteiger partial charge in [0.25, 0.3) is 11.2 Å². The molecule has 2 heterocycles. The lowest BCUT2D eigenvalue weighted by atomic mass is 10.0. The van der Waals surface area contributed by atoms with E-state index in [9.17, 15) is 14.9 Å². The highest BCUT2D eigenvalue weighted by molar-refractivity contribution is 5.95. The number of hydrogen-bond donors (Lipinski definition) is 0. The van der Waals surface area contributed by atoms with Crippen LogP contribution in [-0.2, 0) is 9.57 Å². The summed E-state index contributed by atoms with van der Waals surface area (Å²) >= 11 is 0. The second-order valence-corrected chi connectivity index (χ2v) is 8.18. The number of oxime groups is 1. The molecular formula is C26H23N5O5. The first-order valence-electron chi connectivity index (χ1n) is 11.4. The van der Waals surface area contributed by atoms with Crippen molar-refractivity contribution in [3.63, 3.8) is 0 Å². The summed E-state index contributed by atoms with van der Waals surface area (Å²) in [5.41, 5.74) is 2.25. The lowest BCUT2D eigenvalue weighted by molar-refractivity contribution is -0.384. The van der Waals surface area contributed by atoms with E-state index in [1.807, 2.05) is 36.4 Å². The van der Waals surface area contributed by atoms with Crippen molar-refractivity contribution in [2.24, 2.45) is 5.16 Å². The number of rotatable bonds is 6. The van der Waals surface area contributed by atoms with E-state index < -0.39 is 10.5 Å². The Morgan fingerprint density at radius 3 is 2.58 bits per heavy atom. The van der Waals surface area contributed by atoms with Gasteiger partial charge < -0.3 is 14.5 Å². The molecule has 5 rings (SSSR count). The molecule has 1 aliphatic heterocycles. The summed E-state index contributed by atoms with van der Waals surface area (Å²) in [5.74, 6) is 0. The van der Waals surface area contributed by atoms with Gasteiger partial charge in [0.1, 0.15) is 12.8 Å². The van der Waals surface area contributed by atoms with Crippen molar-refractivity contribution in [2.75, 3.05) is 38.3 Å². The Morgan fingerprint density at radius 1 is 1.06 bits per heavy atom. The summed E-state index contributed by atoms with van der Waals surface area (Å²) in [6.07, 6.45) is 1.57. The second kappa shape index (κ2) is 9.96. The van der Waals surface area contributed by atoms with Crippen molar-refractivity contribution in [3.8, 4) is 16.9 Å². The summed E-state index contributed by atoms with van der Waals surface area (Å²) in [6, 6.07) is 19.3.